The second-order valence-electron chi connectivity index (χ2n) is 3.95. The summed E-state index contributed by atoms with van der Waals surface area (Å²) in [7, 11) is 3.42. The highest BCUT2D eigenvalue weighted by atomic mass is 35.5. The summed E-state index contributed by atoms with van der Waals surface area (Å²) >= 11 is 5.95. The average Bonchev–Trinajstić information content (AvgIpc) is 2.42. The smallest absolute Gasteiger partial charge is 0.133 e. The summed E-state index contributed by atoms with van der Waals surface area (Å²) in [5, 5.41) is 0. The quantitative estimate of drug-likeness (QED) is 0.510. The number of halogens is 1. The monoisotopic (exact) mass is 272 g/mol. The van der Waals surface area contributed by atoms with Crippen LogP contribution in [-0.4, -0.2) is 45.5 Å². The van der Waals surface area contributed by atoms with Gasteiger partial charge in [-0.2, -0.15) is 0 Å². The molecule has 0 amide bonds. The molecular formula is C13H21ClN2O2. The number of hydrogen-bond acceptors (Lipinski definition) is 4. The van der Waals surface area contributed by atoms with E-state index >= 15 is 0 Å². The van der Waals surface area contributed by atoms with Crippen LogP contribution in [-0.2, 0) is 15.4 Å². The molecule has 0 saturated heterocycles. The van der Waals surface area contributed by atoms with Gasteiger partial charge >= 0.3 is 0 Å². The van der Waals surface area contributed by atoms with Crippen molar-refractivity contribution in [1.82, 2.24) is 4.98 Å². The maximum absolute atomic E-state index is 5.95. The number of pyridine rings is 1. The minimum atomic E-state index is 0.469. The third kappa shape index (κ3) is 4.80. The fraction of sp³-hybridized carbons (Fsp3) is 0.615. The minimum absolute atomic E-state index is 0.469. The molecule has 0 N–H and O–H groups in total. The van der Waals surface area contributed by atoms with Crippen molar-refractivity contribution in [3.8, 4) is 0 Å². The molecule has 102 valence electrons. The standard InChI is InChI=1S/C13H21ClN2O2/c1-17-9-4-7-16(8-10-18-2)13-12(11-14)5-3-6-15-13/h3,5-6H,4,7-11H2,1-2H3. The van der Waals surface area contributed by atoms with Crippen molar-refractivity contribution >= 4 is 17.4 Å². The molecule has 0 unspecified atom stereocenters. The zero-order valence-electron chi connectivity index (χ0n) is 11.1. The highest BCUT2D eigenvalue weighted by Gasteiger charge is 2.11. The molecule has 0 atom stereocenters. The molecule has 0 aromatic carbocycles. The Kier molecular flexibility index (Phi) is 7.73. The molecule has 0 aliphatic carbocycles. The van der Waals surface area contributed by atoms with Gasteiger partial charge in [-0.25, -0.2) is 4.98 Å². The lowest BCUT2D eigenvalue weighted by molar-refractivity contribution is 0.191. The second-order valence-corrected chi connectivity index (χ2v) is 4.21. The summed E-state index contributed by atoms with van der Waals surface area (Å²) in [4.78, 5) is 6.62. The predicted molar refractivity (Wildman–Crippen MR) is 74.4 cm³/mol. The molecule has 1 aromatic rings. The summed E-state index contributed by atoms with van der Waals surface area (Å²) in [5.41, 5.74) is 1.05. The summed E-state index contributed by atoms with van der Waals surface area (Å²) in [5.74, 6) is 1.41. The molecule has 0 aliphatic rings. The Hall–Kier alpha value is -0.840. The molecule has 0 spiro atoms. The van der Waals surface area contributed by atoms with Gasteiger partial charge in [0, 0.05) is 45.7 Å². The van der Waals surface area contributed by atoms with Crippen LogP contribution in [0.2, 0.25) is 0 Å². The van der Waals surface area contributed by atoms with Crippen LogP contribution in [0.15, 0.2) is 18.3 Å². The van der Waals surface area contributed by atoms with E-state index in [-0.39, 0.29) is 0 Å². The predicted octanol–water partition coefficient (Wildman–Crippen LogP) is 2.31. The number of rotatable bonds is 9. The molecule has 5 heteroatoms. The van der Waals surface area contributed by atoms with Gasteiger partial charge < -0.3 is 14.4 Å². The average molecular weight is 273 g/mol. The molecule has 0 fully saturated rings. The van der Waals surface area contributed by atoms with Gasteiger partial charge in [-0.05, 0) is 12.5 Å². The van der Waals surface area contributed by atoms with E-state index in [9.17, 15) is 0 Å². The van der Waals surface area contributed by atoms with E-state index in [1.54, 1.807) is 20.4 Å². The summed E-state index contributed by atoms with van der Waals surface area (Å²) < 4.78 is 10.2. The van der Waals surface area contributed by atoms with Crippen LogP contribution in [0, 0.1) is 0 Å². The van der Waals surface area contributed by atoms with E-state index in [4.69, 9.17) is 21.1 Å². The first-order valence-corrected chi connectivity index (χ1v) is 6.59. The van der Waals surface area contributed by atoms with Crippen LogP contribution in [0.5, 0.6) is 0 Å². The molecule has 0 bridgehead atoms. The largest absolute Gasteiger partial charge is 0.385 e. The van der Waals surface area contributed by atoms with Crippen LogP contribution in [0.3, 0.4) is 0 Å². The van der Waals surface area contributed by atoms with Crippen molar-refractivity contribution in [2.45, 2.75) is 12.3 Å². The van der Waals surface area contributed by atoms with Crippen molar-refractivity contribution in [1.29, 1.82) is 0 Å². The van der Waals surface area contributed by atoms with Gasteiger partial charge in [0.05, 0.1) is 12.5 Å². The van der Waals surface area contributed by atoms with Gasteiger partial charge in [0.15, 0.2) is 0 Å². The lowest BCUT2D eigenvalue weighted by atomic mass is 10.2. The van der Waals surface area contributed by atoms with Gasteiger partial charge in [0.25, 0.3) is 0 Å². The van der Waals surface area contributed by atoms with Crippen LogP contribution in [0.25, 0.3) is 0 Å². The molecule has 1 heterocycles. The second kappa shape index (κ2) is 9.14. The van der Waals surface area contributed by atoms with Crippen LogP contribution < -0.4 is 4.90 Å². The molecular weight excluding hydrogens is 252 g/mol. The first-order chi connectivity index (χ1) is 8.83. The third-order valence-electron chi connectivity index (χ3n) is 2.65. The van der Waals surface area contributed by atoms with Crippen LogP contribution >= 0.6 is 11.6 Å². The first kappa shape index (κ1) is 15.2. The molecule has 0 radical (unpaired) electrons. The number of ether oxygens (including phenoxy) is 2. The lowest BCUT2D eigenvalue weighted by Crippen LogP contribution is -2.30. The zero-order chi connectivity index (χ0) is 13.2. The number of hydrogen-bond donors (Lipinski definition) is 0. The molecule has 18 heavy (non-hydrogen) atoms. The topological polar surface area (TPSA) is 34.6 Å². The summed E-state index contributed by atoms with van der Waals surface area (Å²) in [6.07, 6.45) is 2.75. The number of aromatic nitrogens is 1. The van der Waals surface area contributed by atoms with Crippen molar-refractivity contribution in [2.24, 2.45) is 0 Å². The Bertz CT molecular complexity index is 337. The van der Waals surface area contributed by atoms with Crippen molar-refractivity contribution in [2.75, 3.05) is 45.4 Å². The Morgan fingerprint density at radius 3 is 2.67 bits per heavy atom. The van der Waals surface area contributed by atoms with Crippen molar-refractivity contribution in [3.05, 3.63) is 23.9 Å². The SMILES string of the molecule is COCCCN(CCOC)c1ncccc1CCl. The summed E-state index contributed by atoms with van der Waals surface area (Å²) in [6.45, 7) is 3.11. The van der Waals surface area contributed by atoms with Crippen LogP contribution in [0.1, 0.15) is 12.0 Å². The number of alkyl halides is 1. The third-order valence-corrected chi connectivity index (χ3v) is 2.94. The number of methoxy groups -OCH3 is 2. The van der Waals surface area contributed by atoms with Gasteiger partial charge in [0.1, 0.15) is 5.82 Å². The maximum Gasteiger partial charge on any atom is 0.133 e. The Balaban J connectivity index is 2.72. The van der Waals surface area contributed by atoms with E-state index in [2.05, 4.69) is 9.88 Å². The fourth-order valence-corrected chi connectivity index (χ4v) is 1.95. The van der Waals surface area contributed by atoms with Gasteiger partial charge in [-0.15, -0.1) is 11.6 Å². The van der Waals surface area contributed by atoms with Crippen molar-refractivity contribution < 1.29 is 9.47 Å². The Morgan fingerprint density at radius 2 is 2.00 bits per heavy atom. The molecule has 0 saturated carbocycles. The van der Waals surface area contributed by atoms with E-state index in [1.807, 2.05) is 12.1 Å². The molecule has 1 aromatic heterocycles. The fourth-order valence-electron chi connectivity index (χ4n) is 1.74. The zero-order valence-corrected chi connectivity index (χ0v) is 11.8. The van der Waals surface area contributed by atoms with E-state index in [1.165, 1.54) is 0 Å². The minimum Gasteiger partial charge on any atom is -0.385 e. The Labute approximate surface area is 114 Å². The number of nitrogens with zero attached hydrogens (tertiary/aromatic N) is 2. The lowest BCUT2D eigenvalue weighted by Gasteiger charge is -2.25. The highest BCUT2D eigenvalue weighted by Crippen LogP contribution is 2.19. The van der Waals surface area contributed by atoms with E-state index in [0.29, 0.717) is 12.5 Å². The van der Waals surface area contributed by atoms with Gasteiger partial charge in [-0.1, -0.05) is 6.07 Å². The van der Waals surface area contributed by atoms with Gasteiger partial charge in [-0.3, -0.25) is 0 Å². The molecule has 4 nitrogen and oxygen atoms in total. The van der Waals surface area contributed by atoms with Crippen LogP contribution in [0.4, 0.5) is 5.82 Å². The first-order valence-electron chi connectivity index (χ1n) is 6.06. The normalized spacial score (nSPS) is 10.6. The number of anilines is 1. The molecule has 1 rings (SSSR count). The van der Waals surface area contributed by atoms with E-state index < -0.39 is 0 Å². The Morgan fingerprint density at radius 1 is 1.22 bits per heavy atom. The maximum atomic E-state index is 5.95. The van der Waals surface area contributed by atoms with Gasteiger partial charge in [0.2, 0.25) is 0 Å². The highest BCUT2D eigenvalue weighted by molar-refractivity contribution is 6.17. The van der Waals surface area contributed by atoms with Crippen molar-refractivity contribution in [3.63, 3.8) is 0 Å². The molecule has 0 aliphatic heterocycles. The summed E-state index contributed by atoms with van der Waals surface area (Å²) in [6, 6.07) is 3.91. The van der Waals surface area contributed by atoms with E-state index in [0.717, 1.165) is 37.5 Å².